The molecule has 0 radical (unpaired) electrons. The Labute approximate surface area is 188 Å². The van der Waals surface area contributed by atoms with Crippen LogP contribution in [0.1, 0.15) is 5.56 Å². The first-order valence-electron chi connectivity index (χ1n) is 9.26. The number of anilines is 1. The number of halogens is 6. The van der Waals surface area contributed by atoms with Gasteiger partial charge in [-0.3, -0.25) is 0 Å². The molecule has 3 rings (SSSR count). The number of hydrogen-bond acceptors (Lipinski definition) is 7. The maximum Gasteiger partial charge on any atom is 0.416 e. The highest BCUT2D eigenvalue weighted by Crippen LogP contribution is 2.40. The van der Waals surface area contributed by atoms with E-state index in [9.17, 15) is 35.9 Å². The van der Waals surface area contributed by atoms with E-state index < -0.39 is 59.4 Å². The van der Waals surface area contributed by atoms with E-state index in [1.165, 1.54) is 0 Å². The van der Waals surface area contributed by atoms with E-state index in [-0.39, 0.29) is 35.7 Å². The molecule has 0 saturated heterocycles. The van der Waals surface area contributed by atoms with Gasteiger partial charge in [0, 0.05) is 6.07 Å². The van der Waals surface area contributed by atoms with Gasteiger partial charge in [0.1, 0.15) is 18.2 Å². The van der Waals surface area contributed by atoms with Crippen LogP contribution in [0.25, 0.3) is 0 Å². The minimum atomic E-state index is -5.03. The molecule has 0 bridgehead atoms. The zero-order valence-corrected chi connectivity index (χ0v) is 17.5. The Morgan fingerprint density at radius 3 is 2.15 bits per heavy atom. The van der Waals surface area contributed by atoms with Gasteiger partial charge in [-0.2, -0.15) is 13.2 Å². The fraction of sp³-hybridized carbons (Fsp3) is 0.238. The topological polar surface area (TPSA) is 74.3 Å². The summed E-state index contributed by atoms with van der Waals surface area (Å²) in [6.07, 6.45) is -5.03. The molecule has 13 heteroatoms. The Kier molecular flexibility index (Phi) is 7.05. The third-order valence-electron chi connectivity index (χ3n) is 4.58. The van der Waals surface area contributed by atoms with Gasteiger partial charge in [-0.05, 0) is 24.3 Å². The van der Waals surface area contributed by atoms with Crippen molar-refractivity contribution in [3.05, 3.63) is 64.6 Å². The maximum atomic E-state index is 14.3. The van der Waals surface area contributed by atoms with Crippen LogP contribution in [0.3, 0.4) is 0 Å². The SMILES string of the molecule is COC(=O)C1=C(C(=O)OC)N(c2ccc(F)cc2Oc2c(F)cc(C(F)(F)F)cc2F)COC1. The molecule has 0 amide bonds. The molecule has 0 aliphatic carbocycles. The van der Waals surface area contributed by atoms with E-state index in [1.807, 2.05) is 0 Å². The van der Waals surface area contributed by atoms with Crippen molar-refractivity contribution in [3.8, 4) is 11.5 Å². The molecule has 34 heavy (non-hydrogen) atoms. The molecule has 1 heterocycles. The van der Waals surface area contributed by atoms with Crippen LogP contribution < -0.4 is 9.64 Å². The predicted molar refractivity (Wildman–Crippen MR) is 102 cm³/mol. The average molecular weight is 491 g/mol. The molecule has 0 spiro atoms. The zero-order chi connectivity index (χ0) is 25.2. The van der Waals surface area contributed by atoms with Gasteiger partial charge in [0.15, 0.2) is 23.1 Å². The summed E-state index contributed by atoms with van der Waals surface area (Å²) >= 11 is 0. The maximum absolute atomic E-state index is 14.3. The largest absolute Gasteiger partial charge is 0.466 e. The molecular weight excluding hydrogens is 476 g/mol. The number of carbonyl (C=O) groups is 2. The van der Waals surface area contributed by atoms with Crippen LogP contribution >= 0.6 is 0 Å². The number of nitrogens with zero attached hydrogens (tertiary/aromatic N) is 1. The van der Waals surface area contributed by atoms with Gasteiger partial charge in [0.25, 0.3) is 0 Å². The lowest BCUT2D eigenvalue weighted by Crippen LogP contribution is -2.39. The summed E-state index contributed by atoms with van der Waals surface area (Å²) in [5.41, 5.74) is -2.48. The molecule has 0 fully saturated rings. The molecule has 0 N–H and O–H groups in total. The molecule has 7 nitrogen and oxygen atoms in total. The van der Waals surface area contributed by atoms with Crippen molar-refractivity contribution >= 4 is 17.6 Å². The van der Waals surface area contributed by atoms with Crippen molar-refractivity contribution in [2.75, 3.05) is 32.5 Å². The van der Waals surface area contributed by atoms with Gasteiger partial charge in [-0.15, -0.1) is 0 Å². The Bertz CT molecular complexity index is 1140. The van der Waals surface area contributed by atoms with Crippen LogP contribution in [0.15, 0.2) is 41.6 Å². The fourth-order valence-electron chi connectivity index (χ4n) is 3.06. The fourth-order valence-corrected chi connectivity index (χ4v) is 3.06. The standard InChI is InChI=1S/C21H15F6NO6/c1-31-19(29)12-8-33-9-28(17(12)20(30)32-2)15-4-3-11(22)7-16(15)34-18-13(23)5-10(6-14(18)24)21(25,26)27/h3-7H,8-9H2,1-2H3. The van der Waals surface area contributed by atoms with Gasteiger partial charge in [0.2, 0.25) is 0 Å². The molecule has 2 aromatic carbocycles. The summed E-state index contributed by atoms with van der Waals surface area (Å²) < 4.78 is 101. The first-order chi connectivity index (χ1) is 16.0. The van der Waals surface area contributed by atoms with Gasteiger partial charge < -0.3 is 23.8 Å². The van der Waals surface area contributed by atoms with E-state index in [1.54, 1.807) is 0 Å². The quantitative estimate of drug-likeness (QED) is 0.456. The van der Waals surface area contributed by atoms with E-state index in [2.05, 4.69) is 9.47 Å². The molecule has 1 aliphatic rings. The molecule has 182 valence electrons. The Hall–Kier alpha value is -3.74. The van der Waals surface area contributed by atoms with E-state index in [0.29, 0.717) is 6.07 Å². The minimum Gasteiger partial charge on any atom is -0.466 e. The summed E-state index contributed by atoms with van der Waals surface area (Å²) in [5, 5.41) is 0. The number of benzene rings is 2. The molecule has 0 aromatic heterocycles. The van der Waals surface area contributed by atoms with Gasteiger partial charge in [-0.1, -0.05) is 0 Å². The summed E-state index contributed by atoms with van der Waals surface area (Å²) in [4.78, 5) is 25.6. The van der Waals surface area contributed by atoms with Crippen LogP contribution in [-0.4, -0.2) is 39.5 Å². The molecule has 1 aliphatic heterocycles. The summed E-state index contributed by atoms with van der Waals surface area (Å²) in [6, 6.07) is 2.64. The zero-order valence-electron chi connectivity index (χ0n) is 17.5. The summed E-state index contributed by atoms with van der Waals surface area (Å²) in [6.45, 7) is -0.766. The van der Waals surface area contributed by atoms with Gasteiger partial charge in [0.05, 0.1) is 37.7 Å². The van der Waals surface area contributed by atoms with E-state index in [4.69, 9.17) is 9.47 Å². The monoisotopic (exact) mass is 491 g/mol. The number of ether oxygens (including phenoxy) is 4. The summed E-state index contributed by atoms with van der Waals surface area (Å²) in [5.74, 6) is -8.20. The third kappa shape index (κ3) is 4.93. The summed E-state index contributed by atoms with van der Waals surface area (Å²) in [7, 11) is 2.07. The Balaban J connectivity index is 2.13. The molecular formula is C21H15F6NO6. The second-order valence-corrected chi connectivity index (χ2v) is 6.70. The highest BCUT2D eigenvalue weighted by molar-refractivity contribution is 6.03. The normalized spacial score (nSPS) is 14.2. The van der Waals surface area contributed by atoms with Crippen LogP contribution in [0.5, 0.6) is 11.5 Å². The van der Waals surface area contributed by atoms with Crippen molar-refractivity contribution in [2.24, 2.45) is 0 Å². The van der Waals surface area contributed by atoms with E-state index >= 15 is 0 Å². The molecule has 0 atom stereocenters. The van der Waals surface area contributed by atoms with E-state index in [0.717, 1.165) is 31.3 Å². The number of carbonyl (C=O) groups excluding carboxylic acids is 2. The molecule has 0 saturated carbocycles. The van der Waals surface area contributed by atoms with Crippen molar-refractivity contribution in [1.82, 2.24) is 0 Å². The third-order valence-corrected chi connectivity index (χ3v) is 4.58. The highest BCUT2D eigenvalue weighted by atomic mass is 19.4. The van der Waals surface area contributed by atoms with Crippen LogP contribution in [0.2, 0.25) is 0 Å². The highest BCUT2D eigenvalue weighted by Gasteiger charge is 2.35. The lowest BCUT2D eigenvalue weighted by molar-refractivity contribution is -0.140. The Morgan fingerprint density at radius 2 is 1.59 bits per heavy atom. The average Bonchev–Trinajstić information content (AvgIpc) is 2.79. The minimum absolute atomic E-state index is 0.0104. The van der Waals surface area contributed by atoms with Crippen LogP contribution in [0.4, 0.5) is 32.0 Å². The molecule has 2 aromatic rings. The van der Waals surface area contributed by atoms with Crippen molar-refractivity contribution in [3.63, 3.8) is 0 Å². The smallest absolute Gasteiger partial charge is 0.416 e. The van der Waals surface area contributed by atoms with Crippen molar-refractivity contribution in [1.29, 1.82) is 0 Å². The Morgan fingerprint density at radius 1 is 0.971 bits per heavy atom. The lowest BCUT2D eigenvalue weighted by atomic mass is 10.1. The predicted octanol–water partition coefficient (Wildman–Crippen LogP) is 4.31. The van der Waals surface area contributed by atoms with Crippen LogP contribution in [0, 0.1) is 17.5 Å². The van der Waals surface area contributed by atoms with Gasteiger partial charge in [-0.25, -0.2) is 22.8 Å². The number of rotatable bonds is 5. The number of esters is 2. The number of hydrogen-bond donors (Lipinski definition) is 0. The van der Waals surface area contributed by atoms with Crippen molar-refractivity contribution in [2.45, 2.75) is 6.18 Å². The van der Waals surface area contributed by atoms with Crippen LogP contribution in [-0.2, 0) is 30.0 Å². The second kappa shape index (κ2) is 9.63. The van der Waals surface area contributed by atoms with Gasteiger partial charge >= 0.3 is 18.1 Å². The number of alkyl halides is 3. The molecule has 0 unspecified atom stereocenters. The first kappa shape index (κ1) is 24.9. The lowest BCUT2D eigenvalue weighted by Gasteiger charge is -2.32. The first-order valence-corrected chi connectivity index (χ1v) is 9.26. The van der Waals surface area contributed by atoms with Crippen molar-refractivity contribution < 1.29 is 54.9 Å². The number of methoxy groups -OCH3 is 2. The second-order valence-electron chi connectivity index (χ2n) is 6.70.